The van der Waals surface area contributed by atoms with Crippen LogP contribution in [0.1, 0.15) is 26.7 Å². The van der Waals surface area contributed by atoms with E-state index >= 15 is 0 Å². The first-order valence-corrected chi connectivity index (χ1v) is 6.25. The number of nitrogens with two attached hydrogens (primary N) is 1. The Labute approximate surface area is 108 Å². The number of nitrogens with zero attached hydrogens (tertiary/aromatic N) is 1. The second kappa shape index (κ2) is 5.62. The van der Waals surface area contributed by atoms with E-state index in [9.17, 15) is 4.79 Å². The molecular formula is C10H16IN3O2. The molecule has 0 aliphatic heterocycles. The number of aromatic amines is 1. The quantitative estimate of drug-likeness (QED) is 0.793. The SMILES string of the molecule is CCC(N)(CC)COc1nc[nH]c(=O)c1I. The molecule has 0 bridgehead atoms. The standard InChI is InChI=1S/C10H16IN3O2/c1-3-10(12,4-2)5-16-9-7(11)8(15)13-6-14-9/h6H,3-5,12H2,1-2H3,(H,13,14,15). The maximum atomic E-state index is 11.3. The van der Waals surface area contributed by atoms with Gasteiger partial charge in [-0.25, -0.2) is 4.98 Å². The van der Waals surface area contributed by atoms with Crippen LogP contribution in [0.15, 0.2) is 11.1 Å². The monoisotopic (exact) mass is 337 g/mol. The highest BCUT2D eigenvalue weighted by atomic mass is 127. The molecule has 5 nitrogen and oxygen atoms in total. The van der Waals surface area contributed by atoms with Gasteiger partial charge < -0.3 is 15.5 Å². The van der Waals surface area contributed by atoms with Gasteiger partial charge in [-0.2, -0.15) is 0 Å². The molecule has 0 aromatic carbocycles. The Balaban J connectivity index is 2.75. The van der Waals surface area contributed by atoms with Crippen molar-refractivity contribution in [2.75, 3.05) is 6.61 Å². The van der Waals surface area contributed by atoms with Gasteiger partial charge >= 0.3 is 0 Å². The molecule has 0 aliphatic carbocycles. The molecule has 1 heterocycles. The van der Waals surface area contributed by atoms with Crippen LogP contribution in [-0.2, 0) is 0 Å². The molecule has 3 N–H and O–H groups in total. The molecule has 6 heteroatoms. The number of hydrogen-bond acceptors (Lipinski definition) is 4. The van der Waals surface area contributed by atoms with E-state index in [0.29, 0.717) is 16.1 Å². The van der Waals surface area contributed by atoms with Gasteiger partial charge in [0.25, 0.3) is 5.56 Å². The van der Waals surface area contributed by atoms with Gasteiger partial charge in [0.1, 0.15) is 10.2 Å². The molecule has 0 fully saturated rings. The van der Waals surface area contributed by atoms with Gasteiger partial charge in [0.15, 0.2) is 0 Å². The summed E-state index contributed by atoms with van der Waals surface area (Å²) < 4.78 is 5.95. The number of aromatic nitrogens is 2. The third-order valence-electron chi connectivity index (χ3n) is 2.67. The van der Waals surface area contributed by atoms with Gasteiger partial charge in [-0.15, -0.1) is 0 Å². The minimum absolute atomic E-state index is 0.193. The summed E-state index contributed by atoms with van der Waals surface area (Å²) in [6.45, 7) is 4.40. The van der Waals surface area contributed by atoms with E-state index in [1.54, 1.807) is 0 Å². The number of hydrogen-bond donors (Lipinski definition) is 2. The van der Waals surface area contributed by atoms with Crippen molar-refractivity contribution in [3.05, 3.63) is 20.3 Å². The topological polar surface area (TPSA) is 81.0 Å². The molecule has 0 radical (unpaired) electrons. The highest BCUT2D eigenvalue weighted by Gasteiger charge is 2.22. The fraction of sp³-hybridized carbons (Fsp3) is 0.600. The maximum Gasteiger partial charge on any atom is 0.268 e. The Bertz CT molecular complexity index is 401. The predicted molar refractivity (Wildman–Crippen MR) is 70.6 cm³/mol. The van der Waals surface area contributed by atoms with Crippen molar-refractivity contribution < 1.29 is 4.74 Å². The summed E-state index contributed by atoms with van der Waals surface area (Å²) in [5.74, 6) is 0.348. The van der Waals surface area contributed by atoms with E-state index in [0.717, 1.165) is 12.8 Å². The largest absolute Gasteiger partial charge is 0.475 e. The summed E-state index contributed by atoms with van der Waals surface area (Å²) in [4.78, 5) is 17.7. The van der Waals surface area contributed by atoms with Gasteiger partial charge in [0, 0.05) is 5.54 Å². The van der Waals surface area contributed by atoms with Crippen LogP contribution in [0, 0.1) is 3.57 Å². The van der Waals surface area contributed by atoms with Crippen LogP contribution in [-0.4, -0.2) is 22.1 Å². The molecule has 0 amide bonds. The van der Waals surface area contributed by atoms with Gasteiger partial charge in [-0.1, -0.05) is 13.8 Å². The van der Waals surface area contributed by atoms with Crippen LogP contribution >= 0.6 is 22.6 Å². The Hall–Kier alpha value is -0.630. The predicted octanol–water partition coefficient (Wildman–Crippen LogP) is 1.27. The molecule has 1 rings (SSSR count). The summed E-state index contributed by atoms with van der Waals surface area (Å²) in [5, 5.41) is 0. The van der Waals surface area contributed by atoms with Crippen LogP contribution in [0.4, 0.5) is 0 Å². The Morgan fingerprint density at radius 2 is 2.19 bits per heavy atom. The molecule has 1 aromatic heterocycles. The highest BCUT2D eigenvalue weighted by molar-refractivity contribution is 14.1. The molecule has 0 aliphatic rings. The minimum Gasteiger partial charge on any atom is -0.475 e. The van der Waals surface area contributed by atoms with Crippen molar-refractivity contribution in [1.82, 2.24) is 9.97 Å². The molecular weight excluding hydrogens is 321 g/mol. The number of halogens is 1. The summed E-state index contributed by atoms with van der Waals surface area (Å²) in [6, 6.07) is 0. The smallest absolute Gasteiger partial charge is 0.268 e. The van der Waals surface area contributed by atoms with Gasteiger partial charge in [-0.3, -0.25) is 4.79 Å². The van der Waals surface area contributed by atoms with Crippen LogP contribution in [0.3, 0.4) is 0 Å². The van der Waals surface area contributed by atoms with Crippen LogP contribution in [0.2, 0.25) is 0 Å². The summed E-state index contributed by atoms with van der Waals surface area (Å²) in [7, 11) is 0. The van der Waals surface area contributed by atoms with Crippen molar-refractivity contribution in [2.24, 2.45) is 5.73 Å². The number of nitrogens with one attached hydrogen (secondary N) is 1. The molecule has 0 saturated carbocycles. The van der Waals surface area contributed by atoms with E-state index in [-0.39, 0.29) is 11.1 Å². The average molecular weight is 337 g/mol. The van der Waals surface area contributed by atoms with Crippen LogP contribution < -0.4 is 16.0 Å². The molecule has 1 aromatic rings. The van der Waals surface area contributed by atoms with Crippen molar-refractivity contribution in [3.8, 4) is 5.88 Å². The van der Waals surface area contributed by atoms with E-state index in [1.807, 2.05) is 36.4 Å². The molecule has 16 heavy (non-hydrogen) atoms. The zero-order valence-electron chi connectivity index (χ0n) is 9.42. The lowest BCUT2D eigenvalue weighted by molar-refractivity contribution is 0.199. The first kappa shape index (κ1) is 13.4. The van der Waals surface area contributed by atoms with Crippen LogP contribution in [0.25, 0.3) is 0 Å². The van der Waals surface area contributed by atoms with E-state index in [2.05, 4.69) is 9.97 Å². The fourth-order valence-corrected chi connectivity index (χ4v) is 1.58. The van der Waals surface area contributed by atoms with Crippen molar-refractivity contribution in [3.63, 3.8) is 0 Å². The summed E-state index contributed by atoms with van der Waals surface area (Å²) >= 11 is 1.91. The lowest BCUT2D eigenvalue weighted by Gasteiger charge is -2.26. The van der Waals surface area contributed by atoms with Gasteiger partial charge in [-0.05, 0) is 35.4 Å². The van der Waals surface area contributed by atoms with Crippen molar-refractivity contribution in [1.29, 1.82) is 0 Å². The van der Waals surface area contributed by atoms with Crippen molar-refractivity contribution >= 4 is 22.6 Å². The Kier molecular flexibility index (Phi) is 4.72. The van der Waals surface area contributed by atoms with E-state index in [1.165, 1.54) is 6.33 Å². The minimum atomic E-state index is -0.354. The van der Waals surface area contributed by atoms with Crippen molar-refractivity contribution in [2.45, 2.75) is 32.2 Å². The second-order valence-electron chi connectivity index (χ2n) is 3.71. The highest BCUT2D eigenvalue weighted by Crippen LogP contribution is 2.16. The lowest BCUT2D eigenvalue weighted by atomic mass is 9.96. The van der Waals surface area contributed by atoms with E-state index in [4.69, 9.17) is 10.5 Å². The molecule has 0 spiro atoms. The average Bonchev–Trinajstić information content (AvgIpc) is 2.31. The number of rotatable bonds is 5. The Morgan fingerprint density at radius 1 is 1.56 bits per heavy atom. The lowest BCUT2D eigenvalue weighted by Crippen LogP contribution is -2.44. The first-order valence-electron chi connectivity index (χ1n) is 5.17. The molecule has 0 saturated heterocycles. The molecule has 90 valence electrons. The molecule has 0 unspecified atom stereocenters. The summed E-state index contributed by atoms with van der Waals surface area (Å²) in [6.07, 6.45) is 2.97. The van der Waals surface area contributed by atoms with Crippen LogP contribution in [0.5, 0.6) is 5.88 Å². The third kappa shape index (κ3) is 3.18. The van der Waals surface area contributed by atoms with Gasteiger partial charge in [0.05, 0.1) is 6.33 Å². The maximum absolute atomic E-state index is 11.3. The van der Waals surface area contributed by atoms with Gasteiger partial charge in [0.2, 0.25) is 5.88 Å². The second-order valence-corrected chi connectivity index (χ2v) is 4.79. The third-order valence-corrected chi connectivity index (χ3v) is 3.62. The summed E-state index contributed by atoms with van der Waals surface area (Å²) in [5.41, 5.74) is 5.54. The molecule has 0 atom stereocenters. The normalized spacial score (nSPS) is 11.5. The van der Waals surface area contributed by atoms with E-state index < -0.39 is 0 Å². The first-order chi connectivity index (χ1) is 7.52. The number of ether oxygens (including phenoxy) is 1. The number of H-pyrrole nitrogens is 1. The zero-order valence-corrected chi connectivity index (χ0v) is 11.6. The zero-order chi connectivity index (χ0) is 12.2. The Morgan fingerprint density at radius 3 is 2.75 bits per heavy atom. The fourth-order valence-electron chi connectivity index (χ4n) is 1.13.